The first-order valence-corrected chi connectivity index (χ1v) is 11.7. The van der Waals surface area contributed by atoms with Gasteiger partial charge in [0.15, 0.2) is 0 Å². The molecule has 0 aromatic heterocycles. The summed E-state index contributed by atoms with van der Waals surface area (Å²) in [5, 5.41) is 0. The topological polar surface area (TPSA) is 44.8 Å². The van der Waals surface area contributed by atoms with Crippen LogP contribution in [0.2, 0.25) is 0 Å². The number of alkyl halides is 3. The summed E-state index contributed by atoms with van der Waals surface area (Å²) in [7, 11) is 2.57. The zero-order valence-corrected chi connectivity index (χ0v) is 21.4. The fourth-order valence-electron chi connectivity index (χ4n) is 4.03. The molecule has 3 rings (SSSR count). The average Bonchev–Trinajstić information content (AvgIpc) is 2.85. The van der Waals surface area contributed by atoms with Crippen LogP contribution in [0.3, 0.4) is 0 Å². The third-order valence-corrected chi connectivity index (χ3v) is 6.02. The first kappa shape index (κ1) is 28.0. The van der Waals surface area contributed by atoms with E-state index in [9.17, 15) is 22.4 Å². The van der Waals surface area contributed by atoms with Crippen LogP contribution in [-0.2, 0) is 21.6 Å². The van der Waals surface area contributed by atoms with E-state index in [0.717, 1.165) is 18.2 Å². The molecule has 37 heavy (non-hydrogen) atoms. The molecule has 4 nitrogen and oxygen atoms in total. The largest absolute Gasteiger partial charge is 0.497 e. The number of carbonyl (C=O) groups is 1. The van der Waals surface area contributed by atoms with Crippen LogP contribution in [0.1, 0.15) is 49.8 Å². The summed E-state index contributed by atoms with van der Waals surface area (Å²) in [5.74, 6) is -2.56. The summed E-state index contributed by atoms with van der Waals surface area (Å²) in [4.78, 5) is 11.6. The summed E-state index contributed by atoms with van der Waals surface area (Å²) < 4.78 is 71.1. The number of rotatable bonds is 8. The Labute approximate surface area is 214 Å². The van der Waals surface area contributed by atoms with Gasteiger partial charge in [-0.1, -0.05) is 51.1 Å². The van der Waals surface area contributed by atoms with Crippen molar-refractivity contribution in [2.24, 2.45) is 0 Å². The van der Waals surface area contributed by atoms with Crippen LogP contribution in [-0.4, -0.2) is 26.4 Å². The Morgan fingerprint density at radius 3 is 2.24 bits per heavy atom. The normalized spacial score (nSPS) is 12.7. The van der Waals surface area contributed by atoms with Crippen molar-refractivity contribution in [3.8, 4) is 22.6 Å². The summed E-state index contributed by atoms with van der Waals surface area (Å²) in [6.45, 7) is 6.12. The maximum absolute atomic E-state index is 14.7. The Kier molecular flexibility index (Phi) is 8.51. The Morgan fingerprint density at radius 2 is 1.62 bits per heavy atom. The number of hydrogen-bond donors (Lipinski definition) is 0. The number of halogens is 4. The second-order valence-corrected chi connectivity index (χ2v) is 9.71. The zero-order valence-electron chi connectivity index (χ0n) is 21.4. The van der Waals surface area contributed by atoms with E-state index in [-0.39, 0.29) is 29.2 Å². The van der Waals surface area contributed by atoms with Gasteiger partial charge in [-0.2, -0.15) is 13.2 Å². The quantitative estimate of drug-likeness (QED) is 0.228. The molecule has 0 bridgehead atoms. The van der Waals surface area contributed by atoms with Gasteiger partial charge in [0.1, 0.15) is 23.9 Å². The second kappa shape index (κ2) is 11.2. The number of carbonyl (C=O) groups excluding carboxylic acids is 1. The van der Waals surface area contributed by atoms with E-state index < -0.39 is 24.5 Å². The fraction of sp³-hybridized carbons (Fsp3) is 0.345. The van der Waals surface area contributed by atoms with Crippen molar-refractivity contribution >= 4 is 5.97 Å². The van der Waals surface area contributed by atoms with Crippen LogP contribution < -0.4 is 9.47 Å². The van der Waals surface area contributed by atoms with Gasteiger partial charge in [0.25, 0.3) is 0 Å². The van der Waals surface area contributed by atoms with Crippen LogP contribution in [0.4, 0.5) is 17.6 Å². The minimum Gasteiger partial charge on any atom is -0.497 e. The molecule has 0 saturated carbocycles. The lowest BCUT2D eigenvalue weighted by molar-refractivity contribution is -0.164. The highest BCUT2D eigenvalue weighted by molar-refractivity contribution is 5.71. The molecule has 0 aliphatic carbocycles. The highest BCUT2D eigenvalue weighted by Gasteiger charge is 2.42. The molecule has 0 N–H and O–H groups in total. The maximum Gasteiger partial charge on any atom is 0.396 e. The first-order chi connectivity index (χ1) is 17.3. The monoisotopic (exact) mass is 518 g/mol. The van der Waals surface area contributed by atoms with E-state index in [0.29, 0.717) is 16.9 Å². The molecular weight excluding hydrogens is 488 g/mol. The third-order valence-electron chi connectivity index (χ3n) is 6.02. The zero-order chi connectivity index (χ0) is 27.4. The predicted octanol–water partition coefficient (Wildman–Crippen LogP) is 7.59. The van der Waals surface area contributed by atoms with Gasteiger partial charge in [-0.25, -0.2) is 4.39 Å². The molecule has 0 heterocycles. The standard InChI is InChI=1S/C29H30F4O4/c1-28(2,3)25-13-18(9-11-22(25)23-15-20(35-4)10-12-26(23)30)17-37-21-8-6-7-19(14-21)24(29(31,32)33)16-27(34)36-5/h6-15,24H,16-17H2,1-5H3/t24-/m1/s1. The lowest BCUT2D eigenvalue weighted by atomic mass is 9.81. The molecule has 1 atom stereocenters. The van der Waals surface area contributed by atoms with Gasteiger partial charge < -0.3 is 14.2 Å². The molecule has 0 unspecified atom stereocenters. The summed E-state index contributed by atoms with van der Waals surface area (Å²) in [5.41, 5.74) is 2.34. The third kappa shape index (κ3) is 7.02. The molecule has 0 aliphatic heterocycles. The van der Waals surface area contributed by atoms with E-state index in [2.05, 4.69) is 4.74 Å². The summed E-state index contributed by atoms with van der Waals surface area (Å²) in [6.07, 6.45) is -5.44. The Bertz CT molecular complexity index is 1250. The van der Waals surface area contributed by atoms with Crippen molar-refractivity contribution in [3.05, 3.63) is 83.2 Å². The van der Waals surface area contributed by atoms with E-state index in [1.165, 1.54) is 31.4 Å². The number of ether oxygens (including phenoxy) is 3. The van der Waals surface area contributed by atoms with Crippen molar-refractivity contribution in [2.45, 2.75) is 51.3 Å². The van der Waals surface area contributed by atoms with Crippen molar-refractivity contribution in [2.75, 3.05) is 14.2 Å². The van der Waals surface area contributed by atoms with Gasteiger partial charge in [-0.05, 0) is 58.0 Å². The molecule has 0 radical (unpaired) electrons. The Morgan fingerprint density at radius 1 is 0.892 bits per heavy atom. The van der Waals surface area contributed by atoms with E-state index in [1.54, 1.807) is 24.3 Å². The van der Waals surface area contributed by atoms with Crippen molar-refractivity contribution < 1.29 is 36.6 Å². The molecular formula is C29H30F4O4. The van der Waals surface area contributed by atoms with Crippen LogP contribution in [0.25, 0.3) is 11.1 Å². The fourth-order valence-corrected chi connectivity index (χ4v) is 4.03. The minimum absolute atomic E-state index is 0.0844. The van der Waals surface area contributed by atoms with Gasteiger partial charge in [0, 0.05) is 5.56 Å². The number of benzene rings is 3. The van der Waals surface area contributed by atoms with Crippen molar-refractivity contribution in [1.82, 2.24) is 0 Å². The van der Waals surface area contributed by atoms with E-state index in [1.807, 2.05) is 32.9 Å². The van der Waals surface area contributed by atoms with Crippen LogP contribution in [0, 0.1) is 5.82 Å². The molecule has 3 aromatic rings. The van der Waals surface area contributed by atoms with Gasteiger partial charge in [0.2, 0.25) is 0 Å². The van der Waals surface area contributed by atoms with E-state index in [4.69, 9.17) is 9.47 Å². The highest BCUT2D eigenvalue weighted by atomic mass is 19.4. The van der Waals surface area contributed by atoms with E-state index >= 15 is 0 Å². The van der Waals surface area contributed by atoms with Gasteiger partial charge in [-0.3, -0.25) is 4.79 Å². The molecule has 0 amide bonds. The number of esters is 1. The highest BCUT2D eigenvalue weighted by Crippen LogP contribution is 2.39. The second-order valence-electron chi connectivity index (χ2n) is 9.71. The minimum atomic E-state index is -4.63. The molecule has 0 fully saturated rings. The molecule has 0 spiro atoms. The predicted molar refractivity (Wildman–Crippen MR) is 133 cm³/mol. The molecule has 0 aliphatic rings. The van der Waals surface area contributed by atoms with Crippen LogP contribution in [0.15, 0.2) is 60.7 Å². The van der Waals surface area contributed by atoms with Crippen molar-refractivity contribution in [1.29, 1.82) is 0 Å². The Balaban J connectivity index is 1.89. The first-order valence-electron chi connectivity index (χ1n) is 11.7. The van der Waals surface area contributed by atoms with Crippen LogP contribution >= 0.6 is 0 Å². The lowest BCUT2D eigenvalue weighted by Gasteiger charge is -2.25. The lowest BCUT2D eigenvalue weighted by Crippen LogP contribution is -2.24. The molecule has 0 saturated heterocycles. The average molecular weight is 519 g/mol. The summed E-state index contributed by atoms with van der Waals surface area (Å²) >= 11 is 0. The molecule has 3 aromatic carbocycles. The van der Waals surface area contributed by atoms with Gasteiger partial charge in [-0.15, -0.1) is 0 Å². The van der Waals surface area contributed by atoms with Crippen molar-refractivity contribution in [3.63, 3.8) is 0 Å². The number of hydrogen-bond acceptors (Lipinski definition) is 4. The molecule has 198 valence electrons. The molecule has 8 heteroatoms. The van der Waals surface area contributed by atoms with Gasteiger partial charge >= 0.3 is 12.1 Å². The number of methoxy groups -OCH3 is 2. The SMILES string of the molecule is COC(=O)C[C@H](c1cccc(OCc2ccc(-c3cc(OC)ccc3F)c(C(C)(C)C)c2)c1)C(F)(F)F. The maximum atomic E-state index is 14.7. The smallest absolute Gasteiger partial charge is 0.396 e. The van der Waals surface area contributed by atoms with Crippen LogP contribution in [0.5, 0.6) is 11.5 Å². The summed E-state index contributed by atoms with van der Waals surface area (Å²) in [6, 6.07) is 15.7. The Hall–Kier alpha value is -3.55. The van der Waals surface area contributed by atoms with Gasteiger partial charge in [0.05, 0.1) is 26.6 Å².